The number of hydrogen-bond donors (Lipinski definition) is 1. The Morgan fingerprint density at radius 3 is 2.40 bits per heavy atom. The molecule has 0 radical (unpaired) electrons. The van der Waals surface area contributed by atoms with E-state index in [4.69, 9.17) is 0 Å². The van der Waals surface area contributed by atoms with Gasteiger partial charge in [0.05, 0.1) is 22.5 Å². The lowest BCUT2D eigenvalue weighted by atomic mass is 10.1. The number of aryl methyl sites for hydroxylation is 3. The van der Waals surface area contributed by atoms with Gasteiger partial charge >= 0.3 is 5.97 Å². The first-order valence-electron chi connectivity index (χ1n) is 8.16. The van der Waals surface area contributed by atoms with Crippen molar-refractivity contribution in [1.29, 1.82) is 0 Å². The molecule has 25 heavy (non-hydrogen) atoms. The number of fused-ring (bicyclic) bond motifs is 1. The Morgan fingerprint density at radius 2 is 1.84 bits per heavy atom. The van der Waals surface area contributed by atoms with Crippen LogP contribution in [0.5, 0.6) is 0 Å². The number of nitrogens with zero attached hydrogens (tertiary/aromatic N) is 4. The number of aliphatic carboxylic acids is 1. The summed E-state index contributed by atoms with van der Waals surface area (Å²) in [6, 6.07) is 6.91. The number of carboxylic acids is 1. The normalized spacial score (nSPS) is 12.5. The Labute approximate surface area is 144 Å². The summed E-state index contributed by atoms with van der Waals surface area (Å²) in [5, 5.41) is 18.5. The van der Waals surface area contributed by atoms with Gasteiger partial charge in [0.15, 0.2) is 11.6 Å². The minimum absolute atomic E-state index is 0.234. The number of carboxylic acid groups (broad SMARTS) is 1. The maximum Gasteiger partial charge on any atom is 0.328 e. The van der Waals surface area contributed by atoms with Gasteiger partial charge in [-0.2, -0.15) is 10.2 Å². The maximum absolute atomic E-state index is 12.7. The van der Waals surface area contributed by atoms with E-state index in [0.717, 1.165) is 22.5 Å². The van der Waals surface area contributed by atoms with Crippen LogP contribution in [-0.2, 0) is 11.2 Å². The Morgan fingerprint density at radius 1 is 1.20 bits per heavy atom. The van der Waals surface area contributed by atoms with Gasteiger partial charge in [0.1, 0.15) is 0 Å². The van der Waals surface area contributed by atoms with E-state index in [0.29, 0.717) is 11.1 Å². The molecule has 1 N–H and O–H groups in total. The largest absolute Gasteiger partial charge is 0.480 e. The van der Waals surface area contributed by atoms with E-state index in [2.05, 4.69) is 17.1 Å². The molecule has 3 rings (SSSR count). The van der Waals surface area contributed by atoms with Crippen LogP contribution in [0.25, 0.3) is 16.6 Å². The molecular weight excluding hydrogens is 320 g/mol. The molecule has 1 unspecified atom stereocenters. The summed E-state index contributed by atoms with van der Waals surface area (Å²) in [7, 11) is 0. The van der Waals surface area contributed by atoms with Crippen molar-refractivity contribution in [3.63, 3.8) is 0 Å². The second-order valence-corrected chi connectivity index (χ2v) is 6.09. The number of carbonyl (C=O) groups is 1. The van der Waals surface area contributed by atoms with Crippen LogP contribution in [0.3, 0.4) is 0 Å². The fourth-order valence-corrected chi connectivity index (χ4v) is 2.94. The minimum atomic E-state index is -1.11. The number of hydrogen-bond acceptors (Lipinski definition) is 4. The molecule has 0 aliphatic carbocycles. The molecule has 0 spiro atoms. The van der Waals surface area contributed by atoms with Crippen molar-refractivity contribution in [2.24, 2.45) is 0 Å². The third-order valence-electron chi connectivity index (χ3n) is 4.46. The van der Waals surface area contributed by atoms with Gasteiger partial charge in [0, 0.05) is 0 Å². The van der Waals surface area contributed by atoms with Gasteiger partial charge in [0.2, 0.25) is 0 Å². The monoisotopic (exact) mass is 340 g/mol. The standard InChI is InChI=1S/C18H20N4O3/c1-5-13-6-8-14(9-7-13)21-11(3)15-10(2)19-22(12(4)18(24)25)17(23)16(15)20-21/h6-9,12H,5H2,1-4H3,(H,24,25). The molecule has 0 fully saturated rings. The fraction of sp³-hybridized carbons (Fsp3) is 0.333. The highest BCUT2D eigenvalue weighted by Gasteiger charge is 2.22. The molecule has 0 saturated carbocycles. The van der Waals surface area contributed by atoms with E-state index >= 15 is 0 Å². The van der Waals surface area contributed by atoms with E-state index in [1.54, 1.807) is 11.6 Å². The van der Waals surface area contributed by atoms with Gasteiger partial charge < -0.3 is 5.11 Å². The van der Waals surface area contributed by atoms with E-state index in [1.807, 2.05) is 31.2 Å². The quantitative estimate of drug-likeness (QED) is 0.788. The minimum Gasteiger partial charge on any atom is -0.480 e. The maximum atomic E-state index is 12.7. The van der Waals surface area contributed by atoms with Crippen LogP contribution < -0.4 is 5.56 Å². The van der Waals surface area contributed by atoms with Gasteiger partial charge in [-0.1, -0.05) is 19.1 Å². The molecule has 1 atom stereocenters. The summed E-state index contributed by atoms with van der Waals surface area (Å²) < 4.78 is 2.69. The second-order valence-electron chi connectivity index (χ2n) is 6.09. The average molecular weight is 340 g/mol. The molecule has 7 nitrogen and oxygen atoms in total. The van der Waals surface area contributed by atoms with Crippen LogP contribution in [0.1, 0.15) is 36.8 Å². The van der Waals surface area contributed by atoms with E-state index in [-0.39, 0.29) is 5.52 Å². The Bertz CT molecular complexity index is 1020. The Hall–Kier alpha value is -2.96. The molecule has 2 heterocycles. The fourth-order valence-electron chi connectivity index (χ4n) is 2.94. The Balaban J connectivity index is 2.25. The summed E-state index contributed by atoms with van der Waals surface area (Å²) in [6.45, 7) is 7.15. The van der Waals surface area contributed by atoms with Crippen LogP contribution in [-0.4, -0.2) is 30.6 Å². The van der Waals surface area contributed by atoms with Crippen LogP contribution in [0.4, 0.5) is 0 Å². The molecular formula is C18H20N4O3. The number of benzene rings is 1. The zero-order valence-electron chi connectivity index (χ0n) is 14.6. The summed E-state index contributed by atoms with van der Waals surface area (Å²) in [5.41, 5.74) is 3.18. The first-order chi connectivity index (χ1) is 11.8. The van der Waals surface area contributed by atoms with Crippen molar-refractivity contribution >= 4 is 16.9 Å². The summed E-state index contributed by atoms with van der Waals surface area (Å²) in [4.78, 5) is 23.9. The smallest absolute Gasteiger partial charge is 0.328 e. The zero-order valence-corrected chi connectivity index (χ0v) is 14.6. The molecule has 0 aliphatic heterocycles. The van der Waals surface area contributed by atoms with Crippen molar-refractivity contribution in [3.05, 3.63) is 51.6 Å². The van der Waals surface area contributed by atoms with E-state index < -0.39 is 17.6 Å². The molecule has 130 valence electrons. The first kappa shape index (κ1) is 16.9. The van der Waals surface area contributed by atoms with Crippen molar-refractivity contribution in [1.82, 2.24) is 19.6 Å². The third-order valence-corrected chi connectivity index (χ3v) is 4.46. The molecule has 3 aromatic rings. The lowest BCUT2D eigenvalue weighted by Gasteiger charge is -2.10. The summed E-state index contributed by atoms with van der Waals surface area (Å²) in [5.74, 6) is -1.11. The predicted molar refractivity (Wildman–Crippen MR) is 94.3 cm³/mol. The number of rotatable bonds is 4. The van der Waals surface area contributed by atoms with Gasteiger partial charge in [-0.05, 0) is 44.9 Å². The van der Waals surface area contributed by atoms with Gasteiger partial charge in [-0.15, -0.1) is 0 Å². The highest BCUT2D eigenvalue weighted by atomic mass is 16.4. The topological polar surface area (TPSA) is 90.0 Å². The third kappa shape index (κ3) is 2.71. The molecule has 0 amide bonds. The molecule has 7 heteroatoms. The summed E-state index contributed by atoms with van der Waals surface area (Å²) >= 11 is 0. The van der Waals surface area contributed by atoms with Gasteiger partial charge in [-0.3, -0.25) is 4.79 Å². The predicted octanol–water partition coefficient (Wildman–Crippen LogP) is 2.41. The highest BCUT2D eigenvalue weighted by Crippen LogP contribution is 2.22. The molecule has 1 aromatic carbocycles. The Kier molecular flexibility index (Phi) is 4.16. The van der Waals surface area contributed by atoms with Crippen LogP contribution >= 0.6 is 0 Å². The van der Waals surface area contributed by atoms with Crippen molar-refractivity contribution in [2.45, 2.75) is 40.2 Å². The molecule has 0 aliphatic rings. The number of aromatic nitrogens is 4. The molecule has 0 saturated heterocycles. The van der Waals surface area contributed by atoms with Crippen LogP contribution in [0.15, 0.2) is 29.1 Å². The molecule has 0 bridgehead atoms. The first-order valence-corrected chi connectivity index (χ1v) is 8.16. The van der Waals surface area contributed by atoms with Gasteiger partial charge in [-0.25, -0.2) is 14.2 Å². The summed E-state index contributed by atoms with van der Waals surface area (Å²) in [6.07, 6.45) is 0.946. The van der Waals surface area contributed by atoms with Crippen molar-refractivity contribution in [2.75, 3.05) is 0 Å². The molecule has 2 aromatic heterocycles. The lowest BCUT2D eigenvalue weighted by Crippen LogP contribution is -2.31. The zero-order chi connectivity index (χ0) is 18.3. The van der Waals surface area contributed by atoms with Crippen molar-refractivity contribution < 1.29 is 9.90 Å². The lowest BCUT2D eigenvalue weighted by molar-refractivity contribution is -0.140. The van der Waals surface area contributed by atoms with E-state index in [9.17, 15) is 14.7 Å². The SMILES string of the molecule is CCc1ccc(-n2nc3c(=O)n(C(C)C(=O)O)nc(C)c3c2C)cc1. The second kappa shape index (κ2) is 6.16. The highest BCUT2D eigenvalue weighted by molar-refractivity contribution is 5.83. The van der Waals surface area contributed by atoms with Gasteiger partial charge in [0.25, 0.3) is 5.56 Å². The average Bonchev–Trinajstić information content (AvgIpc) is 2.95. The van der Waals surface area contributed by atoms with E-state index in [1.165, 1.54) is 12.5 Å². The van der Waals surface area contributed by atoms with Crippen LogP contribution in [0, 0.1) is 13.8 Å². The van der Waals surface area contributed by atoms with Crippen LogP contribution in [0.2, 0.25) is 0 Å². The van der Waals surface area contributed by atoms with Crippen molar-refractivity contribution in [3.8, 4) is 5.69 Å².